The lowest BCUT2D eigenvalue weighted by molar-refractivity contribution is -0.143. The molecule has 16 heavy (non-hydrogen) atoms. The molecule has 0 aliphatic carbocycles. The highest BCUT2D eigenvalue weighted by molar-refractivity contribution is 5.85. The van der Waals surface area contributed by atoms with Crippen LogP contribution in [0.2, 0.25) is 0 Å². The number of carboxylic acid groups (broad SMARTS) is 1. The maximum Gasteiger partial charge on any atom is 0.326 e. The summed E-state index contributed by atoms with van der Waals surface area (Å²) in [4.78, 5) is 24.8. The molecule has 0 bridgehead atoms. The normalized spacial score (nSPS) is 23.4. The van der Waals surface area contributed by atoms with Gasteiger partial charge in [0, 0.05) is 6.54 Å². The Labute approximate surface area is 95.8 Å². The summed E-state index contributed by atoms with van der Waals surface area (Å²) in [7, 11) is 1.96. The maximum atomic E-state index is 11.8. The van der Waals surface area contributed by atoms with E-state index in [1.807, 2.05) is 7.05 Å². The van der Waals surface area contributed by atoms with Crippen LogP contribution >= 0.6 is 0 Å². The number of hydrogen-bond donors (Lipinski definition) is 2. The molecule has 1 aliphatic rings. The summed E-state index contributed by atoms with van der Waals surface area (Å²) in [6.45, 7) is 5.20. The van der Waals surface area contributed by atoms with Crippen LogP contribution in [-0.4, -0.2) is 48.1 Å². The van der Waals surface area contributed by atoms with E-state index < -0.39 is 12.0 Å². The van der Waals surface area contributed by atoms with E-state index in [-0.39, 0.29) is 17.7 Å². The maximum absolute atomic E-state index is 11.8. The number of rotatable bonds is 4. The third-order valence-electron chi connectivity index (χ3n) is 2.99. The molecule has 1 fully saturated rings. The highest BCUT2D eigenvalue weighted by Gasteiger charge is 2.30. The number of likely N-dealkylation sites (tertiary alicyclic amines) is 1. The van der Waals surface area contributed by atoms with Crippen LogP contribution in [0.25, 0.3) is 0 Å². The number of nitrogens with one attached hydrogen (secondary N) is 1. The van der Waals surface area contributed by atoms with E-state index in [4.69, 9.17) is 5.11 Å². The van der Waals surface area contributed by atoms with E-state index in [9.17, 15) is 9.59 Å². The standard InChI is InChI=1S/C11H20N2O3/c1-7(2)9(11(15)16)12-10(14)8-4-5-13(3)6-8/h7-9H,4-6H2,1-3H3,(H,12,14)(H,15,16). The topological polar surface area (TPSA) is 69.6 Å². The second kappa shape index (κ2) is 5.30. The Morgan fingerprint density at radius 3 is 2.44 bits per heavy atom. The lowest BCUT2D eigenvalue weighted by Crippen LogP contribution is -2.47. The minimum Gasteiger partial charge on any atom is -0.480 e. The first-order valence-corrected chi connectivity index (χ1v) is 5.63. The van der Waals surface area contributed by atoms with Gasteiger partial charge in [0.05, 0.1) is 5.92 Å². The Balaban J connectivity index is 2.52. The van der Waals surface area contributed by atoms with Gasteiger partial charge in [-0.15, -0.1) is 0 Å². The SMILES string of the molecule is CC(C)C(NC(=O)C1CCN(C)C1)C(=O)O. The van der Waals surface area contributed by atoms with E-state index in [1.165, 1.54) is 0 Å². The number of carbonyl (C=O) groups is 2. The second-order valence-electron chi connectivity index (χ2n) is 4.82. The van der Waals surface area contributed by atoms with Crippen LogP contribution in [0.3, 0.4) is 0 Å². The number of carbonyl (C=O) groups excluding carboxylic acids is 1. The van der Waals surface area contributed by atoms with Crippen molar-refractivity contribution < 1.29 is 14.7 Å². The molecule has 0 saturated carbocycles. The fourth-order valence-electron chi connectivity index (χ4n) is 1.93. The number of aliphatic carboxylic acids is 1. The van der Waals surface area contributed by atoms with E-state index >= 15 is 0 Å². The van der Waals surface area contributed by atoms with Crippen LogP contribution < -0.4 is 5.32 Å². The molecule has 1 saturated heterocycles. The fraction of sp³-hybridized carbons (Fsp3) is 0.818. The molecule has 1 heterocycles. The molecule has 2 N–H and O–H groups in total. The Kier molecular flexibility index (Phi) is 4.29. The van der Waals surface area contributed by atoms with Gasteiger partial charge < -0.3 is 15.3 Å². The summed E-state index contributed by atoms with van der Waals surface area (Å²) < 4.78 is 0. The predicted octanol–water partition coefficient (Wildman–Crippen LogP) is 0.164. The number of hydrogen-bond acceptors (Lipinski definition) is 3. The molecule has 1 aliphatic heterocycles. The van der Waals surface area contributed by atoms with Gasteiger partial charge in [0.2, 0.25) is 5.91 Å². The summed E-state index contributed by atoms with van der Waals surface area (Å²) in [5, 5.41) is 11.6. The third kappa shape index (κ3) is 3.20. The summed E-state index contributed by atoms with van der Waals surface area (Å²) in [6, 6.07) is -0.779. The van der Waals surface area contributed by atoms with Crippen LogP contribution in [0.4, 0.5) is 0 Å². The van der Waals surface area contributed by atoms with Crippen molar-refractivity contribution in [3.63, 3.8) is 0 Å². The first-order valence-electron chi connectivity index (χ1n) is 5.63. The van der Waals surface area contributed by atoms with Crippen LogP contribution in [0.5, 0.6) is 0 Å². The Bertz CT molecular complexity index is 278. The molecule has 0 radical (unpaired) electrons. The first kappa shape index (κ1) is 13.0. The second-order valence-corrected chi connectivity index (χ2v) is 4.82. The molecular formula is C11H20N2O3. The van der Waals surface area contributed by atoms with Gasteiger partial charge in [0.25, 0.3) is 0 Å². The van der Waals surface area contributed by atoms with E-state index in [0.717, 1.165) is 19.5 Å². The molecule has 2 unspecified atom stereocenters. The molecule has 2 atom stereocenters. The molecule has 1 amide bonds. The predicted molar refractivity (Wildman–Crippen MR) is 60.0 cm³/mol. The van der Waals surface area contributed by atoms with Crippen molar-refractivity contribution in [1.29, 1.82) is 0 Å². The summed E-state index contributed by atoms with van der Waals surface area (Å²) >= 11 is 0. The van der Waals surface area contributed by atoms with Gasteiger partial charge in [-0.05, 0) is 25.9 Å². The van der Waals surface area contributed by atoms with Crippen LogP contribution in [0.1, 0.15) is 20.3 Å². The Hall–Kier alpha value is -1.10. The van der Waals surface area contributed by atoms with Gasteiger partial charge >= 0.3 is 5.97 Å². The number of amides is 1. The highest BCUT2D eigenvalue weighted by atomic mass is 16.4. The van der Waals surface area contributed by atoms with Crippen molar-refractivity contribution in [2.45, 2.75) is 26.3 Å². The van der Waals surface area contributed by atoms with Gasteiger partial charge in [-0.1, -0.05) is 13.8 Å². The van der Waals surface area contributed by atoms with Crippen LogP contribution in [0, 0.1) is 11.8 Å². The molecule has 0 aromatic carbocycles. The minimum atomic E-state index is -0.963. The van der Waals surface area contributed by atoms with E-state index in [1.54, 1.807) is 13.8 Å². The average Bonchev–Trinajstić information content (AvgIpc) is 2.59. The Morgan fingerprint density at radius 1 is 1.44 bits per heavy atom. The molecule has 0 aromatic heterocycles. The van der Waals surface area contributed by atoms with Crippen molar-refractivity contribution in [3.8, 4) is 0 Å². The van der Waals surface area contributed by atoms with Crippen molar-refractivity contribution in [1.82, 2.24) is 10.2 Å². The molecule has 92 valence electrons. The van der Waals surface area contributed by atoms with Crippen molar-refractivity contribution in [2.24, 2.45) is 11.8 Å². The average molecular weight is 228 g/mol. The third-order valence-corrected chi connectivity index (χ3v) is 2.99. The monoisotopic (exact) mass is 228 g/mol. The quantitative estimate of drug-likeness (QED) is 0.719. The fourth-order valence-corrected chi connectivity index (χ4v) is 1.93. The largest absolute Gasteiger partial charge is 0.480 e. The summed E-state index contributed by atoms with van der Waals surface area (Å²) in [5.74, 6) is -1.26. The smallest absolute Gasteiger partial charge is 0.326 e. The van der Waals surface area contributed by atoms with Crippen molar-refractivity contribution in [2.75, 3.05) is 20.1 Å². The first-order chi connectivity index (χ1) is 7.41. The van der Waals surface area contributed by atoms with Crippen molar-refractivity contribution in [3.05, 3.63) is 0 Å². The zero-order valence-electron chi connectivity index (χ0n) is 10.1. The van der Waals surface area contributed by atoms with Gasteiger partial charge in [-0.3, -0.25) is 4.79 Å². The molecule has 5 heteroatoms. The summed E-state index contributed by atoms with van der Waals surface area (Å²) in [5.41, 5.74) is 0. The lowest BCUT2D eigenvalue weighted by atomic mass is 10.0. The van der Waals surface area contributed by atoms with Crippen LogP contribution in [0.15, 0.2) is 0 Å². The van der Waals surface area contributed by atoms with Crippen molar-refractivity contribution >= 4 is 11.9 Å². The Morgan fingerprint density at radius 2 is 2.06 bits per heavy atom. The zero-order valence-corrected chi connectivity index (χ0v) is 10.1. The summed E-state index contributed by atoms with van der Waals surface area (Å²) in [6.07, 6.45) is 0.812. The molecular weight excluding hydrogens is 208 g/mol. The lowest BCUT2D eigenvalue weighted by Gasteiger charge is -2.20. The van der Waals surface area contributed by atoms with E-state index in [0.29, 0.717) is 0 Å². The van der Waals surface area contributed by atoms with Crippen LogP contribution in [-0.2, 0) is 9.59 Å². The van der Waals surface area contributed by atoms with Gasteiger partial charge in [-0.25, -0.2) is 4.79 Å². The van der Waals surface area contributed by atoms with Gasteiger partial charge in [0.1, 0.15) is 6.04 Å². The minimum absolute atomic E-state index is 0.0643. The molecule has 0 spiro atoms. The zero-order chi connectivity index (χ0) is 12.3. The number of nitrogens with zero attached hydrogens (tertiary/aromatic N) is 1. The highest BCUT2D eigenvalue weighted by Crippen LogP contribution is 2.15. The molecule has 5 nitrogen and oxygen atoms in total. The molecule has 0 aromatic rings. The van der Waals surface area contributed by atoms with E-state index in [2.05, 4.69) is 10.2 Å². The number of carboxylic acids is 1. The van der Waals surface area contributed by atoms with Gasteiger partial charge in [0.15, 0.2) is 0 Å². The van der Waals surface area contributed by atoms with Gasteiger partial charge in [-0.2, -0.15) is 0 Å². The molecule has 1 rings (SSSR count).